The fourth-order valence-corrected chi connectivity index (χ4v) is 2.75. The summed E-state index contributed by atoms with van der Waals surface area (Å²) >= 11 is 0. The van der Waals surface area contributed by atoms with E-state index in [1.165, 1.54) is 19.2 Å². The first-order chi connectivity index (χ1) is 13.8. The van der Waals surface area contributed by atoms with Crippen molar-refractivity contribution in [3.05, 3.63) is 65.2 Å². The number of carboxylic acid groups (broad SMARTS) is 2. The minimum atomic E-state index is -1.43. The second kappa shape index (κ2) is 7.77. The molecule has 3 rings (SSSR count). The van der Waals surface area contributed by atoms with E-state index in [1.807, 2.05) is 0 Å². The number of methoxy groups -OCH3 is 1. The SMILES string of the molecule is COC(=O)c1cc2ccccc2c(N=Nc2ccc(C(=O)O)c(C(=O)O)c2)c1O. The van der Waals surface area contributed by atoms with Crippen molar-refractivity contribution >= 4 is 40.1 Å². The minimum absolute atomic E-state index is 0.0114. The number of carbonyl (C=O) groups is 3. The number of phenolic OH excluding ortho intramolecular Hbond substituents is 1. The number of aromatic carboxylic acids is 2. The van der Waals surface area contributed by atoms with Crippen molar-refractivity contribution in [2.75, 3.05) is 7.11 Å². The van der Waals surface area contributed by atoms with Crippen LogP contribution in [0.25, 0.3) is 10.8 Å². The molecule has 29 heavy (non-hydrogen) atoms. The monoisotopic (exact) mass is 394 g/mol. The van der Waals surface area contributed by atoms with Gasteiger partial charge in [0.2, 0.25) is 0 Å². The van der Waals surface area contributed by atoms with Crippen molar-refractivity contribution in [2.45, 2.75) is 0 Å². The molecule has 3 N–H and O–H groups in total. The van der Waals surface area contributed by atoms with Crippen LogP contribution in [0, 0.1) is 0 Å². The number of aromatic hydroxyl groups is 1. The Morgan fingerprint density at radius 3 is 2.21 bits per heavy atom. The molecule has 0 bridgehead atoms. The maximum Gasteiger partial charge on any atom is 0.341 e. The number of carboxylic acids is 2. The van der Waals surface area contributed by atoms with E-state index in [0.717, 1.165) is 12.1 Å². The van der Waals surface area contributed by atoms with Gasteiger partial charge in [0.05, 0.1) is 23.9 Å². The van der Waals surface area contributed by atoms with Gasteiger partial charge in [0.15, 0.2) is 5.75 Å². The van der Waals surface area contributed by atoms with Crippen LogP contribution in [-0.2, 0) is 4.74 Å². The molecule has 3 aromatic carbocycles. The lowest BCUT2D eigenvalue weighted by Crippen LogP contribution is -2.07. The molecular weight excluding hydrogens is 380 g/mol. The van der Waals surface area contributed by atoms with Crippen LogP contribution in [0.1, 0.15) is 31.1 Å². The second-order valence-corrected chi connectivity index (χ2v) is 5.87. The van der Waals surface area contributed by atoms with Gasteiger partial charge in [-0.1, -0.05) is 24.3 Å². The highest BCUT2D eigenvalue weighted by atomic mass is 16.5. The van der Waals surface area contributed by atoms with Gasteiger partial charge >= 0.3 is 17.9 Å². The van der Waals surface area contributed by atoms with Gasteiger partial charge in [0.25, 0.3) is 0 Å². The Morgan fingerprint density at radius 1 is 0.862 bits per heavy atom. The van der Waals surface area contributed by atoms with Gasteiger partial charge in [-0.05, 0) is 29.7 Å². The molecule has 0 aromatic heterocycles. The zero-order chi connectivity index (χ0) is 21.1. The van der Waals surface area contributed by atoms with Gasteiger partial charge in [0, 0.05) is 5.39 Å². The summed E-state index contributed by atoms with van der Waals surface area (Å²) < 4.78 is 4.67. The molecule has 0 aliphatic carbocycles. The highest BCUT2D eigenvalue weighted by molar-refractivity contribution is 6.05. The van der Waals surface area contributed by atoms with Crippen molar-refractivity contribution in [3.8, 4) is 5.75 Å². The smallest absolute Gasteiger partial charge is 0.341 e. The number of carbonyl (C=O) groups excluding carboxylic acids is 1. The highest BCUT2D eigenvalue weighted by Gasteiger charge is 2.19. The molecule has 0 radical (unpaired) electrons. The van der Waals surface area contributed by atoms with Crippen LogP contribution in [0.5, 0.6) is 5.75 Å². The van der Waals surface area contributed by atoms with Crippen molar-refractivity contribution in [1.82, 2.24) is 0 Å². The highest BCUT2D eigenvalue weighted by Crippen LogP contribution is 2.39. The molecule has 0 fully saturated rings. The molecule has 0 aliphatic heterocycles. The van der Waals surface area contributed by atoms with E-state index in [4.69, 9.17) is 5.11 Å². The lowest BCUT2D eigenvalue weighted by Gasteiger charge is -2.09. The van der Waals surface area contributed by atoms with Crippen LogP contribution in [-0.4, -0.2) is 40.3 Å². The molecule has 0 amide bonds. The average Bonchev–Trinajstić information content (AvgIpc) is 2.71. The zero-order valence-corrected chi connectivity index (χ0v) is 15.0. The number of esters is 1. The molecule has 0 spiro atoms. The Hall–Kier alpha value is -4.27. The summed E-state index contributed by atoms with van der Waals surface area (Å²) in [6.45, 7) is 0. The third-order valence-corrected chi connectivity index (χ3v) is 4.13. The van der Waals surface area contributed by atoms with Crippen LogP contribution in [0.15, 0.2) is 58.8 Å². The maximum absolute atomic E-state index is 11.9. The summed E-state index contributed by atoms with van der Waals surface area (Å²) in [6.07, 6.45) is 0. The molecule has 146 valence electrons. The van der Waals surface area contributed by atoms with Crippen LogP contribution in [0.3, 0.4) is 0 Å². The molecule has 0 saturated heterocycles. The lowest BCUT2D eigenvalue weighted by atomic mass is 10.0. The minimum Gasteiger partial charge on any atom is -0.505 e. The summed E-state index contributed by atoms with van der Waals surface area (Å²) in [5, 5.41) is 37.8. The van der Waals surface area contributed by atoms with Gasteiger partial charge in [-0.3, -0.25) is 0 Å². The topological polar surface area (TPSA) is 146 Å². The molecule has 9 nitrogen and oxygen atoms in total. The van der Waals surface area contributed by atoms with E-state index >= 15 is 0 Å². The predicted octanol–water partition coefficient (Wildman–Crippen LogP) is 4.14. The van der Waals surface area contributed by atoms with Gasteiger partial charge in [0.1, 0.15) is 11.3 Å². The van der Waals surface area contributed by atoms with Crippen molar-refractivity contribution in [1.29, 1.82) is 0 Å². The zero-order valence-electron chi connectivity index (χ0n) is 15.0. The molecule has 9 heteroatoms. The largest absolute Gasteiger partial charge is 0.505 e. The number of ether oxygens (including phenoxy) is 1. The number of azo groups is 1. The molecule has 3 aromatic rings. The standard InChI is InChI=1S/C20H14N2O7/c1-29-20(28)15-8-10-4-2-3-5-12(10)16(17(15)23)22-21-11-6-7-13(18(24)25)14(9-11)19(26)27/h2-9,23H,1H3,(H,24,25)(H,26,27). The molecular formula is C20H14N2O7. The van der Waals surface area contributed by atoms with Crippen LogP contribution >= 0.6 is 0 Å². The number of hydrogen-bond acceptors (Lipinski definition) is 7. The Morgan fingerprint density at radius 2 is 1.55 bits per heavy atom. The van der Waals surface area contributed by atoms with Gasteiger partial charge in [-0.2, -0.15) is 5.11 Å². The fraction of sp³-hybridized carbons (Fsp3) is 0.0500. The second-order valence-electron chi connectivity index (χ2n) is 5.87. The number of rotatable bonds is 5. The first-order valence-corrected chi connectivity index (χ1v) is 8.19. The Kier molecular flexibility index (Phi) is 5.22. The third kappa shape index (κ3) is 3.74. The molecule has 0 atom stereocenters. The van der Waals surface area contributed by atoms with E-state index in [1.54, 1.807) is 24.3 Å². The van der Waals surface area contributed by atoms with E-state index in [9.17, 15) is 24.6 Å². The molecule has 0 aliphatic rings. The van der Waals surface area contributed by atoms with Crippen molar-refractivity contribution < 1.29 is 34.4 Å². The normalized spacial score (nSPS) is 10.9. The quantitative estimate of drug-likeness (QED) is 0.435. The van der Waals surface area contributed by atoms with E-state index < -0.39 is 34.8 Å². The number of phenols is 1. The summed E-state index contributed by atoms with van der Waals surface area (Å²) in [5.74, 6) is -4.02. The fourth-order valence-electron chi connectivity index (χ4n) is 2.75. The summed E-state index contributed by atoms with van der Waals surface area (Å²) in [6, 6.07) is 11.7. The van der Waals surface area contributed by atoms with Gasteiger partial charge < -0.3 is 20.1 Å². The third-order valence-electron chi connectivity index (χ3n) is 4.13. The maximum atomic E-state index is 11.9. The predicted molar refractivity (Wildman–Crippen MR) is 101 cm³/mol. The summed E-state index contributed by atoms with van der Waals surface area (Å²) in [5.41, 5.74) is -0.904. The first kappa shape index (κ1) is 19.5. The average molecular weight is 394 g/mol. The summed E-state index contributed by atoms with van der Waals surface area (Å²) in [4.78, 5) is 34.4. The van der Waals surface area contributed by atoms with Crippen LogP contribution in [0.2, 0.25) is 0 Å². The van der Waals surface area contributed by atoms with Crippen molar-refractivity contribution in [2.24, 2.45) is 10.2 Å². The number of nitrogens with zero attached hydrogens (tertiary/aromatic N) is 2. The van der Waals surface area contributed by atoms with Gasteiger partial charge in [-0.25, -0.2) is 14.4 Å². The van der Waals surface area contributed by atoms with E-state index in [0.29, 0.717) is 10.8 Å². The van der Waals surface area contributed by atoms with E-state index in [-0.39, 0.29) is 16.9 Å². The molecule has 0 saturated carbocycles. The van der Waals surface area contributed by atoms with Gasteiger partial charge in [-0.15, -0.1) is 5.11 Å². The van der Waals surface area contributed by atoms with Crippen LogP contribution < -0.4 is 0 Å². The number of hydrogen-bond donors (Lipinski definition) is 3. The Labute approximate surface area is 163 Å². The number of fused-ring (bicyclic) bond motifs is 1. The molecule has 0 heterocycles. The lowest BCUT2D eigenvalue weighted by molar-refractivity contribution is 0.0596. The summed E-state index contributed by atoms with van der Waals surface area (Å²) in [7, 11) is 1.18. The first-order valence-electron chi connectivity index (χ1n) is 8.19. The molecule has 0 unspecified atom stereocenters. The van der Waals surface area contributed by atoms with Crippen molar-refractivity contribution in [3.63, 3.8) is 0 Å². The Bertz CT molecular complexity index is 1180. The van der Waals surface area contributed by atoms with E-state index in [2.05, 4.69) is 15.0 Å². The number of benzene rings is 3. The van der Waals surface area contributed by atoms with Crippen LogP contribution in [0.4, 0.5) is 11.4 Å². The Balaban J connectivity index is 2.15.